The summed E-state index contributed by atoms with van der Waals surface area (Å²) < 4.78 is 32.4. The van der Waals surface area contributed by atoms with Crippen LogP contribution in [0, 0.1) is 6.92 Å². The number of rotatable bonds is 3. The highest BCUT2D eigenvalue weighted by molar-refractivity contribution is 7.93. The van der Waals surface area contributed by atoms with Gasteiger partial charge < -0.3 is 10.1 Å². The van der Waals surface area contributed by atoms with Crippen LogP contribution < -0.4 is 14.8 Å². The first-order valence-corrected chi connectivity index (χ1v) is 8.59. The second kappa shape index (κ2) is 5.21. The van der Waals surface area contributed by atoms with Crippen LogP contribution in [0.2, 0.25) is 0 Å². The van der Waals surface area contributed by atoms with Gasteiger partial charge in [-0.2, -0.15) is 0 Å². The molecule has 0 radical (unpaired) electrons. The van der Waals surface area contributed by atoms with E-state index in [2.05, 4.69) is 20.2 Å². The van der Waals surface area contributed by atoms with Crippen molar-refractivity contribution in [2.24, 2.45) is 0 Å². The average molecular weight is 340 g/mol. The van der Waals surface area contributed by atoms with Crippen LogP contribution in [0.15, 0.2) is 23.1 Å². The highest BCUT2D eigenvalue weighted by Crippen LogP contribution is 2.32. The van der Waals surface area contributed by atoms with Crippen LogP contribution in [0.5, 0.6) is 5.75 Å². The van der Waals surface area contributed by atoms with E-state index in [-0.39, 0.29) is 15.9 Å². The third kappa shape index (κ3) is 2.74. The molecule has 22 heavy (non-hydrogen) atoms. The molecule has 1 aromatic carbocycles. The number of nitrogens with one attached hydrogen (secondary N) is 2. The molecule has 3 rings (SSSR count). The van der Waals surface area contributed by atoms with E-state index >= 15 is 0 Å². The Morgan fingerprint density at radius 2 is 2.14 bits per heavy atom. The minimum absolute atomic E-state index is 0.00226. The second-order valence-corrected chi connectivity index (χ2v) is 7.50. The lowest BCUT2D eigenvalue weighted by molar-refractivity contribution is -0.122. The van der Waals surface area contributed by atoms with E-state index in [4.69, 9.17) is 4.74 Å². The van der Waals surface area contributed by atoms with Gasteiger partial charge in [0.05, 0.1) is 10.6 Å². The number of fused-ring (bicyclic) bond motifs is 1. The molecular formula is C12H12N4O4S2. The number of ether oxygens (including phenoxy) is 1. The van der Waals surface area contributed by atoms with E-state index in [1.807, 2.05) is 0 Å². The first-order chi connectivity index (χ1) is 10.3. The zero-order valence-corrected chi connectivity index (χ0v) is 13.3. The van der Waals surface area contributed by atoms with Gasteiger partial charge in [-0.25, -0.2) is 8.42 Å². The van der Waals surface area contributed by atoms with Crippen LogP contribution in [0.25, 0.3) is 0 Å². The number of nitrogens with zero attached hydrogens (tertiary/aromatic N) is 2. The Kier molecular flexibility index (Phi) is 3.49. The van der Waals surface area contributed by atoms with Crippen molar-refractivity contribution in [3.05, 3.63) is 23.2 Å². The molecule has 0 fully saturated rings. The number of anilines is 2. The molecule has 0 unspecified atom stereocenters. The molecule has 10 heteroatoms. The van der Waals surface area contributed by atoms with Crippen LogP contribution in [-0.4, -0.2) is 30.6 Å². The number of hydrogen-bond donors (Lipinski definition) is 2. The van der Waals surface area contributed by atoms with E-state index < -0.39 is 16.1 Å². The summed E-state index contributed by atoms with van der Waals surface area (Å²) in [7, 11) is -3.81. The summed E-state index contributed by atoms with van der Waals surface area (Å²) in [5, 5.41) is 10.9. The molecule has 1 aliphatic rings. The topological polar surface area (TPSA) is 110 Å². The van der Waals surface area contributed by atoms with Gasteiger partial charge in [-0.15, -0.1) is 10.2 Å². The fourth-order valence-electron chi connectivity index (χ4n) is 1.87. The largest absolute Gasteiger partial charge is 0.479 e. The van der Waals surface area contributed by atoms with Crippen molar-refractivity contribution in [3.8, 4) is 5.75 Å². The predicted molar refractivity (Wildman–Crippen MR) is 80.6 cm³/mol. The second-order valence-electron chi connectivity index (χ2n) is 4.64. The first kappa shape index (κ1) is 14.7. The number of aryl methyl sites for hydroxylation is 1. The van der Waals surface area contributed by atoms with Gasteiger partial charge in [0.1, 0.15) is 10.8 Å². The lowest BCUT2D eigenvalue weighted by Gasteiger charge is -2.23. The van der Waals surface area contributed by atoms with Crippen LogP contribution in [0.1, 0.15) is 11.9 Å². The number of carbonyl (C=O) groups excluding carboxylic acids is 1. The lowest BCUT2D eigenvalue weighted by Crippen LogP contribution is -2.34. The van der Waals surface area contributed by atoms with Gasteiger partial charge in [0.2, 0.25) is 5.13 Å². The van der Waals surface area contributed by atoms with E-state index in [1.165, 1.54) is 18.2 Å². The molecule has 1 aromatic heterocycles. The molecule has 2 N–H and O–H groups in total. The quantitative estimate of drug-likeness (QED) is 0.873. The Morgan fingerprint density at radius 1 is 1.36 bits per heavy atom. The van der Waals surface area contributed by atoms with Gasteiger partial charge in [-0.1, -0.05) is 11.3 Å². The van der Waals surface area contributed by atoms with Crippen molar-refractivity contribution >= 4 is 38.1 Å². The third-order valence-corrected chi connectivity index (χ3v) is 5.16. The van der Waals surface area contributed by atoms with Gasteiger partial charge in [-0.05, 0) is 32.0 Å². The number of sulfonamides is 1. The molecule has 8 nitrogen and oxygen atoms in total. The summed E-state index contributed by atoms with van der Waals surface area (Å²) in [6, 6.07) is 4.25. The maximum atomic E-state index is 12.3. The molecule has 0 saturated carbocycles. The molecule has 1 aliphatic heterocycles. The molecule has 0 aliphatic carbocycles. The highest BCUT2D eigenvalue weighted by atomic mass is 32.2. The zero-order valence-electron chi connectivity index (χ0n) is 11.7. The van der Waals surface area contributed by atoms with Crippen LogP contribution >= 0.6 is 11.3 Å². The smallest absolute Gasteiger partial charge is 0.265 e. The first-order valence-electron chi connectivity index (χ1n) is 6.30. The Balaban J connectivity index is 1.92. The van der Waals surface area contributed by atoms with Crippen molar-refractivity contribution < 1.29 is 17.9 Å². The zero-order chi connectivity index (χ0) is 15.9. The molecule has 2 aromatic rings. The van der Waals surface area contributed by atoms with E-state index in [0.29, 0.717) is 16.4 Å². The van der Waals surface area contributed by atoms with E-state index in [0.717, 1.165) is 11.3 Å². The molecule has 0 saturated heterocycles. The Morgan fingerprint density at radius 3 is 2.82 bits per heavy atom. The van der Waals surface area contributed by atoms with Gasteiger partial charge in [0, 0.05) is 0 Å². The van der Waals surface area contributed by atoms with Crippen molar-refractivity contribution in [2.45, 2.75) is 24.8 Å². The Hall–Kier alpha value is -2.20. The van der Waals surface area contributed by atoms with Gasteiger partial charge in [0.15, 0.2) is 6.10 Å². The SMILES string of the molecule is Cc1nnc(NS(=O)(=O)c2ccc3c(c2)NC(=O)[C@@H](C)O3)s1. The summed E-state index contributed by atoms with van der Waals surface area (Å²) in [5.41, 5.74) is 0.319. The standard InChI is InChI=1S/C12H12N4O4S2/c1-6-11(17)13-9-5-8(3-4-10(9)20-6)22(18,19)16-12-15-14-7(2)21-12/h3-6H,1-2H3,(H,13,17)(H,15,16)/t6-/m1/s1. The fraction of sp³-hybridized carbons (Fsp3) is 0.250. The number of amides is 1. The van der Waals surface area contributed by atoms with Crippen LogP contribution in [0.3, 0.4) is 0 Å². The number of carbonyl (C=O) groups is 1. The molecule has 1 amide bonds. The summed E-state index contributed by atoms with van der Waals surface area (Å²) in [6.07, 6.45) is -0.613. The maximum absolute atomic E-state index is 12.3. The summed E-state index contributed by atoms with van der Waals surface area (Å²) >= 11 is 1.13. The molecular weight excluding hydrogens is 328 g/mol. The van der Waals surface area contributed by atoms with E-state index in [9.17, 15) is 13.2 Å². The fourth-order valence-corrected chi connectivity index (χ4v) is 3.71. The Labute approximate surface area is 130 Å². The minimum Gasteiger partial charge on any atom is -0.479 e. The Bertz CT molecular complexity index is 847. The van der Waals surface area contributed by atoms with Crippen molar-refractivity contribution in [3.63, 3.8) is 0 Å². The summed E-state index contributed by atoms with van der Waals surface area (Å²) in [5.74, 6) is 0.104. The number of benzene rings is 1. The van der Waals surface area contributed by atoms with Crippen molar-refractivity contribution in [1.82, 2.24) is 10.2 Å². The number of hydrogen-bond acceptors (Lipinski definition) is 7. The summed E-state index contributed by atoms with van der Waals surface area (Å²) in [6.45, 7) is 3.34. The van der Waals surface area contributed by atoms with Crippen LogP contribution in [-0.2, 0) is 14.8 Å². The molecule has 1 atom stereocenters. The van der Waals surface area contributed by atoms with Gasteiger partial charge >= 0.3 is 0 Å². The van der Waals surface area contributed by atoms with Crippen LogP contribution in [0.4, 0.5) is 10.8 Å². The molecule has 2 heterocycles. The van der Waals surface area contributed by atoms with Crippen molar-refractivity contribution in [2.75, 3.05) is 10.0 Å². The summed E-state index contributed by atoms with van der Waals surface area (Å²) in [4.78, 5) is 11.6. The van der Waals surface area contributed by atoms with E-state index in [1.54, 1.807) is 13.8 Å². The third-order valence-electron chi connectivity index (χ3n) is 2.94. The molecule has 0 bridgehead atoms. The average Bonchev–Trinajstić information content (AvgIpc) is 2.84. The maximum Gasteiger partial charge on any atom is 0.265 e. The molecule has 116 valence electrons. The minimum atomic E-state index is -3.81. The van der Waals surface area contributed by atoms with Gasteiger partial charge in [0.25, 0.3) is 15.9 Å². The van der Waals surface area contributed by atoms with Gasteiger partial charge in [-0.3, -0.25) is 9.52 Å². The monoisotopic (exact) mass is 340 g/mol. The predicted octanol–water partition coefficient (Wildman–Crippen LogP) is 1.37. The lowest BCUT2D eigenvalue weighted by atomic mass is 10.2. The highest BCUT2D eigenvalue weighted by Gasteiger charge is 2.26. The normalized spacial score (nSPS) is 17.4. The number of aromatic nitrogens is 2. The van der Waals surface area contributed by atoms with Crippen molar-refractivity contribution in [1.29, 1.82) is 0 Å². The molecule has 0 spiro atoms.